The summed E-state index contributed by atoms with van der Waals surface area (Å²) >= 11 is 0. The maximum Gasteiger partial charge on any atom is 0.160 e. The van der Waals surface area contributed by atoms with Crippen LogP contribution in [0.4, 0.5) is 5.69 Å². The van der Waals surface area contributed by atoms with Crippen LogP contribution in [0.2, 0.25) is 0 Å². The molecule has 2 fully saturated rings. The van der Waals surface area contributed by atoms with Gasteiger partial charge in [0.05, 0.1) is 49.3 Å². The largest absolute Gasteiger partial charge is 0.497 e. The number of rotatable bonds is 9. The minimum Gasteiger partial charge on any atom is -0.497 e. The molecule has 4 heterocycles. The molecule has 0 unspecified atom stereocenters. The molecule has 0 radical (unpaired) electrons. The van der Waals surface area contributed by atoms with Gasteiger partial charge in [0.2, 0.25) is 0 Å². The average molecular weight is 554 g/mol. The zero-order chi connectivity index (χ0) is 27.6. The molecule has 1 saturated carbocycles. The maximum atomic E-state index is 6.16. The number of hydrogen-bond acceptors (Lipinski definition) is 8. The van der Waals surface area contributed by atoms with Gasteiger partial charge in [-0.05, 0) is 42.2 Å². The van der Waals surface area contributed by atoms with E-state index in [1.165, 1.54) is 5.56 Å². The smallest absolute Gasteiger partial charge is 0.160 e. The first-order chi connectivity index (χ1) is 20.2. The third-order valence-corrected chi connectivity index (χ3v) is 8.26. The lowest BCUT2D eigenvalue weighted by Gasteiger charge is -2.41. The fourth-order valence-corrected chi connectivity index (χ4v) is 5.88. The van der Waals surface area contributed by atoms with Gasteiger partial charge < -0.3 is 19.5 Å². The standard InChI is InChI=1S/C32H35N5O4/c1-38-25-9-7-22(8-10-25)20-37-31-28(19-34-37)30(35-24-11-13-39-14-12-24)27(18-33-31)29-17-32(41-36-29)15-26(16-32)40-21-23-5-3-2-4-6-23/h2-10,17-19,24,26,36H,11-16,20-21H2,1H3,(H,33,35). The zero-order valence-corrected chi connectivity index (χ0v) is 23.2. The van der Waals surface area contributed by atoms with Crippen LogP contribution in [-0.4, -0.2) is 52.8 Å². The Balaban J connectivity index is 1.13. The van der Waals surface area contributed by atoms with Crippen LogP contribution in [0.1, 0.15) is 42.4 Å². The molecule has 3 aliphatic rings. The van der Waals surface area contributed by atoms with Crippen LogP contribution in [-0.2, 0) is 27.5 Å². The van der Waals surface area contributed by atoms with E-state index in [4.69, 9.17) is 29.1 Å². The van der Waals surface area contributed by atoms with Gasteiger partial charge in [-0.25, -0.2) is 9.67 Å². The summed E-state index contributed by atoms with van der Waals surface area (Å²) in [4.78, 5) is 11.0. The van der Waals surface area contributed by atoms with Crippen LogP contribution >= 0.6 is 0 Å². The van der Waals surface area contributed by atoms with Gasteiger partial charge in [0.1, 0.15) is 11.4 Å². The third kappa shape index (κ3) is 5.40. The second kappa shape index (κ2) is 11.2. The monoisotopic (exact) mass is 553 g/mol. The highest BCUT2D eigenvalue weighted by Crippen LogP contribution is 2.45. The van der Waals surface area contributed by atoms with Crippen molar-refractivity contribution in [3.63, 3.8) is 0 Å². The Morgan fingerprint density at radius 3 is 2.61 bits per heavy atom. The second-order valence-corrected chi connectivity index (χ2v) is 11.1. The van der Waals surface area contributed by atoms with Crippen molar-refractivity contribution in [3.8, 4) is 5.75 Å². The SMILES string of the molecule is COc1ccc(Cn2ncc3c(NC4CCOCC4)c(C4=CC5(CC(OCc6ccccc6)C5)ON4)cnc32)cc1. The van der Waals surface area contributed by atoms with E-state index in [0.717, 1.165) is 78.2 Å². The molecule has 2 aliphatic heterocycles. The number of nitrogens with zero attached hydrogens (tertiary/aromatic N) is 3. The van der Waals surface area contributed by atoms with Gasteiger partial charge >= 0.3 is 0 Å². The van der Waals surface area contributed by atoms with Gasteiger partial charge in [0.25, 0.3) is 0 Å². The van der Waals surface area contributed by atoms with Crippen molar-refractivity contribution in [2.24, 2.45) is 0 Å². The van der Waals surface area contributed by atoms with E-state index >= 15 is 0 Å². The fraction of sp³-hybridized carbons (Fsp3) is 0.375. The predicted octanol–water partition coefficient (Wildman–Crippen LogP) is 5.07. The number of hydroxylamine groups is 1. The molecular weight excluding hydrogens is 518 g/mol. The Labute approximate surface area is 239 Å². The molecule has 0 atom stereocenters. The third-order valence-electron chi connectivity index (χ3n) is 8.26. The van der Waals surface area contributed by atoms with Crippen molar-refractivity contribution in [3.05, 3.63) is 89.8 Å². The highest BCUT2D eigenvalue weighted by molar-refractivity contribution is 5.96. The Morgan fingerprint density at radius 1 is 1.02 bits per heavy atom. The van der Waals surface area contributed by atoms with Gasteiger partial charge in [0, 0.05) is 43.9 Å². The molecule has 7 rings (SSSR count). The van der Waals surface area contributed by atoms with Gasteiger partial charge in [0.15, 0.2) is 5.65 Å². The number of hydrogen-bond donors (Lipinski definition) is 2. The summed E-state index contributed by atoms with van der Waals surface area (Å²) in [5.41, 5.74) is 8.96. The number of pyridine rings is 1. The Hall–Kier alpha value is -3.92. The lowest BCUT2D eigenvalue weighted by atomic mass is 9.77. The number of ether oxygens (including phenoxy) is 3. The zero-order valence-electron chi connectivity index (χ0n) is 23.2. The van der Waals surface area contributed by atoms with Crippen LogP contribution in [0.15, 0.2) is 73.1 Å². The lowest BCUT2D eigenvalue weighted by Crippen LogP contribution is -2.48. The first-order valence-electron chi connectivity index (χ1n) is 14.3. The molecule has 1 saturated heterocycles. The topological polar surface area (TPSA) is 91.7 Å². The van der Waals surface area contributed by atoms with Crippen LogP contribution in [0.3, 0.4) is 0 Å². The molecular formula is C32H35N5O4. The minimum absolute atomic E-state index is 0.171. The Morgan fingerprint density at radius 2 is 1.83 bits per heavy atom. The van der Waals surface area contributed by atoms with Crippen molar-refractivity contribution in [1.82, 2.24) is 20.2 Å². The van der Waals surface area contributed by atoms with Gasteiger partial charge in [-0.1, -0.05) is 42.5 Å². The van der Waals surface area contributed by atoms with Gasteiger partial charge in [-0.15, -0.1) is 0 Å². The summed E-state index contributed by atoms with van der Waals surface area (Å²) in [6.45, 7) is 2.75. The summed E-state index contributed by atoms with van der Waals surface area (Å²) in [6.07, 6.45) is 9.76. The summed E-state index contributed by atoms with van der Waals surface area (Å²) in [7, 11) is 1.68. The van der Waals surface area contributed by atoms with Crippen molar-refractivity contribution in [2.45, 2.75) is 56.6 Å². The van der Waals surface area contributed by atoms with Crippen molar-refractivity contribution in [2.75, 3.05) is 25.6 Å². The molecule has 0 amide bonds. The van der Waals surface area contributed by atoms with E-state index in [0.29, 0.717) is 19.2 Å². The van der Waals surface area contributed by atoms with Crippen molar-refractivity contribution < 1.29 is 19.0 Å². The van der Waals surface area contributed by atoms with Crippen molar-refractivity contribution >= 4 is 22.4 Å². The van der Waals surface area contributed by atoms with Crippen LogP contribution < -0.4 is 15.5 Å². The number of nitrogens with one attached hydrogen (secondary N) is 2. The number of anilines is 1. The van der Waals surface area contributed by atoms with Crippen LogP contribution in [0, 0.1) is 0 Å². The maximum absolute atomic E-state index is 6.16. The van der Waals surface area contributed by atoms with E-state index in [1.54, 1.807) is 7.11 Å². The van der Waals surface area contributed by atoms with E-state index in [2.05, 4.69) is 41.1 Å². The van der Waals surface area contributed by atoms with E-state index < -0.39 is 0 Å². The van der Waals surface area contributed by atoms with E-state index in [9.17, 15) is 0 Å². The molecule has 41 heavy (non-hydrogen) atoms. The summed E-state index contributed by atoms with van der Waals surface area (Å²) < 4.78 is 19.0. The molecule has 1 spiro atoms. The quantitative estimate of drug-likeness (QED) is 0.297. The lowest BCUT2D eigenvalue weighted by molar-refractivity contribution is -0.159. The highest BCUT2D eigenvalue weighted by Gasteiger charge is 2.48. The summed E-state index contributed by atoms with van der Waals surface area (Å²) in [5.74, 6) is 0.836. The fourth-order valence-electron chi connectivity index (χ4n) is 5.88. The van der Waals surface area contributed by atoms with E-state index in [1.807, 2.05) is 47.4 Å². The minimum atomic E-state index is -0.361. The summed E-state index contributed by atoms with van der Waals surface area (Å²) in [6, 6.07) is 18.7. The number of benzene rings is 2. The first-order valence-corrected chi connectivity index (χ1v) is 14.3. The normalized spacial score (nSPS) is 22.4. The highest BCUT2D eigenvalue weighted by atomic mass is 16.7. The molecule has 9 heteroatoms. The average Bonchev–Trinajstić information content (AvgIpc) is 3.63. The predicted molar refractivity (Wildman–Crippen MR) is 156 cm³/mol. The van der Waals surface area contributed by atoms with Gasteiger partial charge in [-0.2, -0.15) is 5.10 Å². The molecule has 1 aliphatic carbocycles. The molecule has 212 valence electrons. The van der Waals surface area contributed by atoms with Crippen LogP contribution in [0.25, 0.3) is 16.7 Å². The van der Waals surface area contributed by atoms with E-state index in [-0.39, 0.29) is 11.7 Å². The summed E-state index contributed by atoms with van der Waals surface area (Å²) in [5, 5.41) is 9.55. The number of methoxy groups -OCH3 is 1. The molecule has 4 aromatic rings. The van der Waals surface area contributed by atoms with Crippen molar-refractivity contribution in [1.29, 1.82) is 0 Å². The Bertz CT molecular complexity index is 1520. The molecule has 2 aromatic carbocycles. The molecule has 0 bridgehead atoms. The number of aromatic nitrogens is 3. The molecule has 9 nitrogen and oxygen atoms in total. The number of fused-ring (bicyclic) bond motifs is 1. The van der Waals surface area contributed by atoms with Crippen LogP contribution in [0.5, 0.6) is 5.75 Å². The second-order valence-electron chi connectivity index (χ2n) is 11.1. The van der Waals surface area contributed by atoms with Gasteiger partial charge in [-0.3, -0.25) is 10.3 Å². The molecule has 2 aromatic heterocycles. The first kappa shape index (κ1) is 26.0. The molecule has 2 N–H and O–H groups in total. The Kier molecular flexibility index (Phi) is 7.08.